The summed E-state index contributed by atoms with van der Waals surface area (Å²) in [6.07, 6.45) is 3.31. The highest BCUT2D eigenvalue weighted by atomic mass is 127. The molecule has 1 heterocycles. The van der Waals surface area contributed by atoms with Crippen LogP contribution in [0.25, 0.3) is 0 Å². The van der Waals surface area contributed by atoms with E-state index in [-0.39, 0.29) is 0 Å². The van der Waals surface area contributed by atoms with Crippen molar-refractivity contribution in [3.05, 3.63) is 15.1 Å². The molecule has 1 rings (SSSR count). The maximum atomic E-state index is 4.66. The molecule has 0 saturated carbocycles. The SMILES string of the molecule is CCCCc1nc(NC)c(I)c(C(C)C)n1. The molecule has 0 aromatic carbocycles. The van der Waals surface area contributed by atoms with Gasteiger partial charge in [-0.1, -0.05) is 27.2 Å². The minimum Gasteiger partial charge on any atom is -0.372 e. The third-order valence-electron chi connectivity index (χ3n) is 2.46. The minimum absolute atomic E-state index is 0.447. The van der Waals surface area contributed by atoms with Gasteiger partial charge in [0.25, 0.3) is 0 Å². The first kappa shape index (κ1) is 13.7. The zero-order valence-electron chi connectivity index (χ0n) is 10.5. The molecule has 4 heteroatoms. The van der Waals surface area contributed by atoms with Crippen molar-refractivity contribution in [3.8, 4) is 0 Å². The molecule has 0 aliphatic heterocycles. The van der Waals surface area contributed by atoms with E-state index in [1.54, 1.807) is 0 Å². The van der Waals surface area contributed by atoms with E-state index in [2.05, 4.69) is 58.6 Å². The molecule has 0 aliphatic rings. The molecule has 0 atom stereocenters. The van der Waals surface area contributed by atoms with E-state index < -0.39 is 0 Å². The van der Waals surface area contributed by atoms with E-state index in [4.69, 9.17) is 0 Å². The fourth-order valence-electron chi connectivity index (χ4n) is 1.51. The first-order valence-electron chi connectivity index (χ1n) is 5.84. The second-order valence-corrected chi connectivity index (χ2v) is 5.27. The Morgan fingerprint density at radius 1 is 1.31 bits per heavy atom. The molecule has 90 valence electrons. The second kappa shape index (κ2) is 6.37. The Balaban J connectivity index is 3.07. The van der Waals surface area contributed by atoms with Crippen LogP contribution >= 0.6 is 22.6 Å². The number of rotatable bonds is 5. The zero-order chi connectivity index (χ0) is 12.1. The fraction of sp³-hybridized carbons (Fsp3) is 0.667. The van der Waals surface area contributed by atoms with Crippen molar-refractivity contribution < 1.29 is 0 Å². The summed E-state index contributed by atoms with van der Waals surface area (Å²) < 4.78 is 1.15. The van der Waals surface area contributed by atoms with E-state index >= 15 is 0 Å². The van der Waals surface area contributed by atoms with Crippen molar-refractivity contribution in [3.63, 3.8) is 0 Å². The average molecular weight is 333 g/mol. The standard InChI is InChI=1S/C12H20IN3/c1-5-6-7-9-15-11(8(2)3)10(13)12(14-4)16-9/h8H,5-7H2,1-4H3,(H,14,15,16). The number of aryl methyl sites for hydroxylation is 1. The molecule has 1 aromatic heterocycles. The number of halogens is 1. The Kier molecular flexibility index (Phi) is 5.44. The molecule has 1 N–H and O–H groups in total. The van der Waals surface area contributed by atoms with Crippen LogP contribution in [0.3, 0.4) is 0 Å². The molecule has 0 spiro atoms. The largest absolute Gasteiger partial charge is 0.372 e. The number of unbranched alkanes of at least 4 members (excludes halogenated alkanes) is 1. The number of nitrogens with zero attached hydrogens (tertiary/aromatic N) is 2. The van der Waals surface area contributed by atoms with Crippen LogP contribution in [0.4, 0.5) is 5.82 Å². The van der Waals surface area contributed by atoms with Crippen molar-refractivity contribution in [2.45, 2.75) is 46.0 Å². The van der Waals surface area contributed by atoms with Gasteiger partial charge in [-0.05, 0) is 34.9 Å². The molecule has 0 fully saturated rings. The summed E-state index contributed by atoms with van der Waals surface area (Å²) >= 11 is 2.32. The van der Waals surface area contributed by atoms with Crippen molar-refractivity contribution in [1.82, 2.24) is 9.97 Å². The molecule has 0 unspecified atom stereocenters. The van der Waals surface area contributed by atoms with Crippen LogP contribution in [0.2, 0.25) is 0 Å². The van der Waals surface area contributed by atoms with Crippen LogP contribution in [0.1, 0.15) is 51.0 Å². The summed E-state index contributed by atoms with van der Waals surface area (Å²) in [4.78, 5) is 9.20. The van der Waals surface area contributed by atoms with Gasteiger partial charge in [-0.3, -0.25) is 0 Å². The van der Waals surface area contributed by atoms with Crippen LogP contribution in [0.5, 0.6) is 0 Å². The van der Waals surface area contributed by atoms with Crippen LogP contribution in [0, 0.1) is 3.57 Å². The molecule has 16 heavy (non-hydrogen) atoms. The van der Waals surface area contributed by atoms with E-state index in [1.165, 1.54) is 6.42 Å². The minimum atomic E-state index is 0.447. The Morgan fingerprint density at radius 3 is 2.50 bits per heavy atom. The summed E-state index contributed by atoms with van der Waals surface area (Å²) in [6.45, 7) is 6.54. The Hall–Kier alpha value is -0.390. The molecule has 0 bridgehead atoms. The van der Waals surface area contributed by atoms with Crippen molar-refractivity contribution in [2.24, 2.45) is 0 Å². The van der Waals surface area contributed by atoms with E-state index in [0.29, 0.717) is 5.92 Å². The Morgan fingerprint density at radius 2 is 2.00 bits per heavy atom. The van der Waals surface area contributed by atoms with Crippen LogP contribution < -0.4 is 5.32 Å². The first-order valence-corrected chi connectivity index (χ1v) is 6.92. The van der Waals surface area contributed by atoms with Gasteiger partial charge in [-0.25, -0.2) is 9.97 Å². The number of nitrogens with one attached hydrogen (secondary N) is 1. The summed E-state index contributed by atoms with van der Waals surface area (Å²) in [6, 6.07) is 0. The van der Waals surface area contributed by atoms with Gasteiger partial charge in [0.1, 0.15) is 11.6 Å². The maximum absolute atomic E-state index is 4.66. The third-order valence-corrected chi connectivity index (χ3v) is 3.52. The number of hydrogen-bond donors (Lipinski definition) is 1. The molecule has 0 aliphatic carbocycles. The predicted octanol–water partition coefficient (Wildman–Crippen LogP) is 3.59. The lowest BCUT2D eigenvalue weighted by Crippen LogP contribution is -2.08. The molecule has 0 saturated heterocycles. The lowest BCUT2D eigenvalue weighted by Gasteiger charge is -2.13. The van der Waals surface area contributed by atoms with Gasteiger partial charge in [-0.15, -0.1) is 0 Å². The van der Waals surface area contributed by atoms with E-state index in [9.17, 15) is 0 Å². The monoisotopic (exact) mass is 333 g/mol. The molecule has 3 nitrogen and oxygen atoms in total. The van der Waals surface area contributed by atoms with Crippen molar-refractivity contribution in [2.75, 3.05) is 12.4 Å². The quantitative estimate of drug-likeness (QED) is 0.837. The van der Waals surface area contributed by atoms with E-state index in [1.807, 2.05) is 7.05 Å². The van der Waals surface area contributed by atoms with Gasteiger partial charge in [-0.2, -0.15) is 0 Å². The molecular formula is C12H20IN3. The number of aromatic nitrogens is 2. The Labute approximate surface area is 112 Å². The van der Waals surface area contributed by atoms with Gasteiger partial charge in [0, 0.05) is 13.5 Å². The van der Waals surface area contributed by atoms with Crippen molar-refractivity contribution >= 4 is 28.4 Å². The maximum Gasteiger partial charge on any atom is 0.143 e. The first-order chi connectivity index (χ1) is 7.60. The molecule has 0 amide bonds. The third kappa shape index (κ3) is 3.30. The van der Waals surface area contributed by atoms with E-state index in [0.717, 1.165) is 33.7 Å². The fourth-order valence-corrected chi connectivity index (χ4v) is 2.64. The number of hydrogen-bond acceptors (Lipinski definition) is 3. The topological polar surface area (TPSA) is 37.8 Å². The summed E-state index contributed by atoms with van der Waals surface area (Å²) in [5.74, 6) is 2.38. The van der Waals surface area contributed by atoms with Crippen LogP contribution in [-0.4, -0.2) is 17.0 Å². The van der Waals surface area contributed by atoms with Gasteiger partial charge in [0.15, 0.2) is 0 Å². The highest BCUT2D eigenvalue weighted by molar-refractivity contribution is 14.1. The second-order valence-electron chi connectivity index (χ2n) is 4.20. The lowest BCUT2D eigenvalue weighted by atomic mass is 10.1. The highest BCUT2D eigenvalue weighted by Gasteiger charge is 2.13. The smallest absolute Gasteiger partial charge is 0.143 e. The predicted molar refractivity (Wildman–Crippen MR) is 77.0 cm³/mol. The van der Waals surface area contributed by atoms with Crippen molar-refractivity contribution in [1.29, 1.82) is 0 Å². The molecular weight excluding hydrogens is 313 g/mol. The normalized spacial score (nSPS) is 10.9. The average Bonchev–Trinajstić information content (AvgIpc) is 2.27. The van der Waals surface area contributed by atoms with Gasteiger partial charge >= 0.3 is 0 Å². The van der Waals surface area contributed by atoms with Gasteiger partial charge in [0.05, 0.1) is 9.26 Å². The number of anilines is 1. The zero-order valence-corrected chi connectivity index (χ0v) is 12.6. The summed E-state index contributed by atoms with van der Waals surface area (Å²) in [7, 11) is 1.91. The van der Waals surface area contributed by atoms with Gasteiger partial charge < -0.3 is 5.32 Å². The summed E-state index contributed by atoms with van der Waals surface area (Å²) in [5, 5.41) is 3.15. The van der Waals surface area contributed by atoms with Crippen LogP contribution in [-0.2, 0) is 6.42 Å². The van der Waals surface area contributed by atoms with Crippen LogP contribution in [0.15, 0.2) is 0 Å². The Bertz CT molecular complexity index is 350. The summed E-state index contributed by atoms with van der Waals surface area (Å²) in [5.41, 5.74) is 1.16. The molecule has 1 aromatic rings. The highest BCUT2D eigenvalue weighted by Crippen LogP contribution is 2.25. The lowest BCUT2D eigenvalue weighted by molar-refractivity contribution is 0.723. The molecule has 0 radical (unpaired) electrons. The van der Waals surface area contributed by atoms with Gasteiger partial charge in [0.2, 0.25) is 0 Å².